The van der Waals surface area contributed by atoms with E-state index in [2.05, 4.69) is 10.3 Å². The van der Waals surface area contributed by atoms with Gasteiger partial charge in [0.15, 0.2) is 0 Å². The summed E-state index contributed by atoms with van der Waals surface area (Å²) in [6.45, 7) is 4.63. The third kappa shape index (κ3) is 3.61. The fourth-order valence-electron chi connectivity index (χ4n) is 2.23. The van der Waals surface area contributed by atoms with Crippen LogP contribution in [0.3, 0.4) is 0 Å². The molecule has 5 heteroatoms. The summed E-state index contributed by atoms with van der Waals surface area (Å²) in [5.41, 5.74) is 1.95. The minimum Gasteiger partial charge on any atom is -0.305 e. The molecule has 0 saturated heterocycles. The Bertz CT molecular complexity index is 591. The normalized spacial score (nSPS) is 13.2. The van der Waals surface area contributed by atoms with E-state index in [1.54, 1.807) is 0 Å². The standard InChI is InChI=1S/C16H17F3N2/c1-3-20-15(13-7-5-4-6-11(13)2)14-9-8-12(10-21-14)16(17,18)19/h4-10,15,20H,3H2,1-2H3. The molecule has 2 rings (SSSR count). The van der Waals surface area contributed by atoms with E-state index in [4.69, 9.17) is 0 Å². The first-order valence-electron chi connectivity index (χ1n) is 6.75. The van der Waals surface area contributed by atoms with Crippen molar-refractivity contribution in [3.63, 3.8) is 0 Å². The predicted octanol–water partition coefficient (Wildman–Crippen LogP) is 4.11. The Hall–Kier alpha value is -1.88. The minimum atomic E-state index is -4.36. The summed E-state index contributed by atoms with van der Waals surface area (Å²) in [6, 6.07) is 10.1. The number of aromatic nitrogens is 1. The monoisotopic (exact) mass is 294 g/mol. The number of halogens is 3. The largest absolute Gasteiger partial charge is 0.417 e. The maximum absolute atomic E-state index is 12.6. The van der Waals surface area contributed by atoms with Crippen LogP contribution in [0, 0.1) is 6.92 Å². The lowest BCUT2D eigenvalue weighted by Gasteiger charge is -2.20. The zero-order valence-corrected chi connectivity index (χ0v) is 11.9. The molecule has 0 radical (unpaired) electrons. The van der Waals surface area contributed by atoms with Crippen molar-refractivity contribution in [2.75, 3.05) is 6.54 Å². The van der Waals surface area contributed by atoms with Crippen molar-refractivity contribution in [3.8, 4) is 0 Å². The van der Waals surface area contributed by atoms with Gasteiger partial charge in [-0.2, -0.15) is 13.2 Å². The number of aryl methyl sites for hydroxylation is 1. The van der Waals surface area contributed by atoms with Gasteiger partial charge in [0, 0.05) is 6.20 Å². The molecule has 1 unspecified atom stereocenters. The van der Waals surface area contributed by atoms with Gasteiger partial charge in [0.1, 0.15) is 0 Å². The first kappa shape index (κ1) is 15.5. The molecule has 2 nitrogen and oxygen atoms in total. The van der Waals surface area contributed by atoms with Crippen LogP contribution in [0.4, 0.5) is 13.2 Å². The number of alkyl halides is 3. The van der Waals surface area contributed by atoms with Crippen molar-refractivity contribution in [3.05, 3.63) is 65.0 Å². The molecule has 1 heterocycles. The zero-order chi connectivity index (χ0) is 15.5. The molecule has 2 aromatic rings. The van der Waals surface area contributed by atoms with Crippen LogP contribution in [0.5, 0.6) is 0 Å². The van der Waals surface area contributed by atoms with Gasteiger partial charge in [-0.15, -0.1) is 0 Å². The van der Waals surface area contributed by atoms with Gasteiger partial charge in [0.25, 0.3) is 0 Å². The van der Waals surface area contributed by atoms with Gasteiger partial charge < -0.3 is 5.32 Å². The fourth-order valence-corrected chi connectivity index (χ4v) is 2.23. The highest BCUT2D eigenvalue weighted by molar-refractivity contribution is 5.35. The van der Waals surface area contributed by atoms with Gasteiger partial charge in [-0.05, 0) is 36.7 Å². The van der Waals surface area contributed by atoms with E-state index in [-0.39, 0.29) is 6.04 Å². The summed E-state index contributed by atoms with van der Waals surface area (Å²) in [4.78, 5) is 4.00. The summed E-state index contributed by atoms with van der Waals surface area (Å²) in [6.07, 6.45) is -3.47. The average Bonchev–Trinajstić information content (AvgIpc) is 2.45. The number of benzene rings is 1. The molecule has 0 aliphatic carbocycles. The molecular weight excluding hydrogens is 277 g/mol. The van der Waals surface area contributed by atoms with Crippen molar-refractivity contribution in [1.29, 1.82) is 0 Å². The molecule has 0 saturated carbocycles. The SMILES string of the molecule is CCNC(c1ccc(C(F)(F)F)cn1)c1ccccc1C. The van der Waals surface area contributed by atoms with Crippen molar-refractivity contribution >= 4 is 0 Å². The summed E-state index contributed by atoms with van der Waals surface area (Å²) in [7, 11) is 0. The molecule has 1 aromatic heterocycles. The van der Waals surface area contributed by atoms with Crippen LogP contribution in [0.2, 0.25) is 0 Å². The van der Waals surface area contributed by atoms with E-state index < -0.39 is 11.7 Å². The third-order valence-electron chi connectivity index (χ3n) is 3.32. The highest BCUT2D eigenvalue weighted by Gasteiger charge is 2.31. The van der Waals surface area contributed by atoms with E-state index in [1.807, 2.05) is 38.1 Å². The van der Waals surface area contributed by atoms with Crippen LogP contribution in [0.1, 0.15) is 35.3 Å². The Labute approximate surface area is 122 Å². The third-order valence-corrected chi connectivity index (χ3v) is 3.32. The molecule has 0 fully saturated rings. The Balaban J connectivity index is 2.37. The van der Waals surface area contributed by atoms with Crippen molar-refractivity contribution in [2.45, 2.75) is 26.1 Å². The number of rotatable bonds is 4. The Kier molecular flexibility index (Phi) is 4.63. The van der Waals surface area contributed by atoms with Gasteiger partial charge in [0.05, 0.1) is 17.3 Å². The van der Waals surface area contributed by atoms with Crippen LogP contribution in [-0.4, -0.2) is 11.5 Å². The van der Waals surface area contributed by atoms with Crippen LogP contribution in [0.25, 0.3) is 0 Å². The maximum Gasteiger partial charge on any atom is 0.417 e. The van der Waals surface area contributed by atoms with Crippen molar-refractivity contribution < 1.29 is 13.2 Å². The highest BCUT2D eigenvalue weighted by Crippen LogP contribution is 2.30. The Morgan fingerprint density at radius 3 is 2.38 bits per heavy atom. The smallest absolute Gasteiger partial charge is 0.305 e. The number of hydrogen-bond acceptors (Lipinski definition) is 2. The Morgan fingerprint density at radius 1 is 1.14 bits per heavy atom. The molecular formula is C16H17F3N2. The lowest BCUT2D eigenvalue weighted by Crippen LogP contribution is -2.24. The molecule has 1 aromatic carbocycles. The Morgan fingerprint density at radius 2 is 1.86 bits per heavy atom. The van der Waals surface area contributed by atoms with Crippen LogP contribution < -0.4 is 5.32 Å². The quantitative estimate of drug-likeness (QED) is 0.918. The second-order valence-electron chi connectivity index (χ2n) is 4.82. The van der Waals surface area contributed by atoms with Gasteiger partial charge in [-0.3, -0.25) is 4.98 Å². The van der Waals surface area contributed by atoms with Crippen molar-refractivity contribution in [2.24, 2.45) is 0 Å². The first-order chi connectivity index (χ1) is 9.93. The summed E-state index contributed by atoms with van der Waals surface area (Å²) in [5.74, 6) is 0. The second kappa shape index (κ2) is 6.26. The molecule has 21 heavy (non-hydrogen) atoms. The van der Waals surface area contributed by atoms with Crippen LogP contribution in [-0.2, 0) is 6.18 Å². The van der Waals surface area contributed by atoms with E-state index >= 15 is 0 Å². The summed E-state index contributed by atoms with van der Waals surface area (Å²) >= 11 is 0. The topological polar surface area (TPSA) is 24.9 Å². The lowest BCUT2D eigenvalue weighted by atomic mass is 9.98. The van der Waals surface area contributed by atoms with E-state index in [0.717, 1.165) is 23.4 Å². The zero-order valence-electron chi connectivity index (χ0n) is 11.9. The van der Waals surface area contributed by atoms with Gasteiger partial charge in [-0.25, -0.2) is 0 Å². The molecule has 112 valence electrons. The fraction of sp³-hybridized carbons (Fsp3) is 0.312. The second-order valence-corrected chi connectivity index (χ2v) is 4.82. The summed E-state index contributed by atoms with van der Waals surface area (Å²) in [5, 5.41) is 3.27. The lowest BCUT2D eigenvalue weighted by molar-refractivity contribution is -0.137. The van der Waals surface area contributed by atoms with Crippen LogP contribution in [0.15, 0.2) is 42.6 Å². The maximum atomic E-state index is 12.6. The molecule has 0 amide bonds. The highest BCUT2D eigenvalue weighted by atomic mass is 19.4. The average molecular weight is 294 g/mol. The van der Waals surface area contributed by atoms with Crippen LogP contribution >= 0.6 is 0 Å². The van der Waals surface area contributed by atoms with E-state index in [1.165, 1.54) is 6.07 Å². The molecule has 0 aliphatic heterocycles. The molecule has 1 atom stereocenters. The molecule has 0 aliphatic rings. The van der Waals surface area contributed by atoms with E-state index in [9.17, 15) is 13.2 Å². The molecule has 0 bridgehead atoms. The number of pyridine rings is 1. The predicted molar refractivity (Wildman–Crippen MR) is 75.9 cm³/mol. The van der Waals surface area contributed by atoms with E-state index in [0.29, 0.717) is 12.2 Å². The number of hydrogen-bond donors (Lipinski definition) is 1. The van der Waals surface area contributed by atoms with Gasteiger partial charge >= 0.3 is 6.18 Å². The minimum absolute atomic E-state index is 0.210. The number of nitrogens with one attached hydrogen (secondary N) is 1. The molecule has 0 spiro atoms. The summed E-state index contributed by atoms with van der Waals surface area (Å²) < 4.78 is 37.8. The number of nitrogens with zero attached hydrogens (tertiary/aromatic N) is 1. The van der Waals surface area contributed by atoms with Crippen molar-refractivity contribution in [1.82, 2.24) is 10.3 Å². The molecule has 1 N–H and O–H groups in total. The van der Waals surface area contributed by atoms with Gasteiger partial charge in [0.2, 0.25) is 0 Å². The van der Waals surface area contributed by atoms with Gasteiger partial charge in [-0.1, -0.05) is 31.2 Å². The first-order valence-corrected chi connectivity index (χ1v) is 6.75.